The number of carbonyl (C=O) groups excluding carboxylic acids is 1. The lowest BCUT2D eigenvalue weighted by molar-refractivity contribution is 0.0487. The molecule has 0 heterocycles. The molecule has 0 fully saturated rings. The molecule has 0 saturated heterocycles. The largest absolute Gasteiger partial charge is 0.392 e. The SMILES string of the molecule is COCc1cc(C(=O)C(C)(C)O)ccc1CO. The molecule has 1 aromatic rings. The van der Waals surface area contributed by atoms with Crippen LogP contribution < -0.4 is 0 Å². The Bertz CT molecular complexity index is 404. The van der Waals surface area contributed by atoms with E-state index in [4.69, 9.17) is 9.84 Å². The van der Waals surface area contributed by atoms with Gasteiger partial charge in [0.2, 0.25) is 0 Å². The lowest BCUT2D eigenvalue weighted by atomic mass is 9.94. The van der Waals surface area contributed by atoms with Gasteiger partial charge in [-0.15, -0.1) is 0 Å². The number of aliphatic hydroxyl groups is 2. The third-order valence-electron chi connectivity index (χ3n) is 2.49. The van der Waals surface area contributed by atoms with Gasteiger partial charge in [0, 0.05) is 12.7 Å². The second kappa shape index (κ2) is 5.40. The number of benzene rings is 1. The number of ether oxygens (including phenoxy) is 1. The zero-order chi connectivity index (χ0) is 13.1. The Hall–Kier alpha value is -1.23. The smallest absolute Gasteiger partial charge is 0.193 e. The number of carbonyl (C=O) groups is 1. The van der Waals surface area contributed by atoms with Crippen LogP contribution in [0.2, 0.25) is 0 Å². The van der Waals surface area contributed by atoms with Crippen LogP contribution in [0.25, 0.3) is 0 Å². The monoisotopic (exact) mass is 238 g/mol. The van der Waals surface area contributed by atoms with Crippen molar-refractivity contribution in [2.45, 2.75) is 32.7 Å². The fraction of sp³-hybridized carbons (Fsp3) is 0.462. The molecule has 0 atom stereocenters. The van der Waals surface area contributed by atoms with Gasteiger partial charge in [-0.1, -0.05) is 12.1 Å². The summed E-state index contributed by atoms with van der Waals surface area (Å²) >= 11 is 0. The molecule has 0 aliphatic rings. The molecular weight excluding hydrogens is 220 g/mol. The van der Waals surface area contributed by atoms with Gasteiger partial charge < -0.3 is 14.9 Å². The summed E-state index contributed by atoms with van der Waals surface area (Å²) in [5, 5.41) is 18.8. The van der Waals surface area contributed by atoms with Crippen LogP contribution in [0.1, 0.15) is 35.3 Å². The Morgan fingerprint density at radius 1 is 1.35 bits per heavy atom. The van der Waals surface area contributed by atoms with Crippen molar-refractivity contribution in [3.8, 4) is 0 Å². The van der Waals surface area contributed by atoms with E-state index in [0.29, 0.717) is 12.2 Å². The van der Waals surface area contributed by atoms with Gasteiger partial charge in [-0.3, -0.25) is 4.79 Å². The molecule has 0 aromatic heterocycles. The fourth-order valence-corrected chi connectivity index (χ4v) is 1.56. The maximum Gasteiger partial charge on any atom is 0.193 e. The Morgan fingerprint density at radius 2 is 2.00 bits per heavy atom. The van der Waals surface area contributed by atoms with E-state index in [1.165, 1.54) is 13.8 Å². The van der Waals surface area contributed by atoms with Crippen molar-refractivity contribution in [3.63, 3.8) is 0 Å². The summed E-state index contributed by atoms with van der Waals surface area (Å²) in [6.45, 7) is 3.12. The van der Waals surface area contributed by atoms with Gasteiger partial charge in [0.1, 0.15) is 5.60 Å². The molecule has 17 heavy (non-hydrogen) atoms. The van der Waals surface area contributed by atoms with Crippen LogP contribution in [0.5, 0.6) is 0 Å². The van der Waals surface area contributed by atoms with Gasteiger partial charge in [0.25, 0.3) is 0 Å². The molecule has 4 nitrogen and oxygen atoms in total. The average molecular weight is 238 g/mol. The molecule has 0 bridgehead atoms. The third kappa shape index (κ3) is 3.36. The topological polar surface area (TPSA) is 66.8 Å². The van der Waals surface area contributed by atoms with Crippen LogP contribution >= 0.6 is 0 Å². The number of hydrogen-bond donors (Lipinski definition) is 2. The summed E-state index contributed by atoms with van der Waals surface area (Å²) in [6.07, 6.45) is 0. The van der Waals surface area contributed by atoms with Crippen LogP contribution in [0.3, 0.4) is 0 Å². The van der Waals surface area contributed by atoms with E-state index in [-0.39, 0.29) is 12.4 Å². The van der Waals surface area contributed by atoms with Crippen molar-refractivity contribution < 1.29 is 19.7 Å². The fourth-order valence-electron chi connectivity index (χ4n) is 1.56. The minimum Gasteiger partial charge on any atom is -0.392 e. The highest BCUT2D eigenvalue weighted by molar-refractivity contribution is 6.01. The summed E-state index contributed by atoms with van der Waals surface area (Å²) in [5.41, 5.74) is 0.497. The quantitative estimate of drug-likeness (QED) is 0.758. The van der Waals surface area contributed by atoms with Crippen molar-refractivity contribution in [3.05, 3.63) is 34.9 Å². The summed E-state index contributed by atoms with van der Waals surface area (Å²) in [7, 11) is 1.55. The maximum atomic E-state index is 11.9. The van der Waals surface area contributed by atoms with Gasteiger partial charge >= 0.3 is 0 Å². The summed E-state index contributed by atoms with van der Waals surface area (Å²) < 4.78 is 5.01. The first-order valence-corrected chi connectivity index (χ1v) is 5.39. The van der Waals surface area contributed by atoms with Crippen LogP contribution in [0, 0.1) is 0 Å². The Balaban J connectivity index is 3.12. The maximum absolute atomic E-state index is 11.9. The van der Waals surface area contributed by atoms with Crippen molar-refractivity contribution in [2.24, 2.45) is 0 Å². The first-order chi connectivity index (χ1) is 7.90. The molecule has 1 aromatic carbocycles. The molecule has 2 N–H and O–H groups in total. The van der Waals surface area contributed by atoms with E-state index < -0.39 is 5.60 Å². The minimum absolute atomic E-state index is 0.102. The lowest BCUT2D eigenvalue weighted by Gasteiger charge is -2.17. The van der Waals surface area contributed by atoms with Gasteiger partial charge in [-0.25, -0.2) is 0 Å². The van der Waals surface area contributed by atoms with Crippen LogP contribution in [0.15, 0.2) is 18.2 Å². The highest BCUT2D eigenvalue weighted by atomic mass is 16.5. The number of methoxy groups -OCH3 is 1. The van der Waals surface area contributed by atoms with Crippen molar-refractivity contribution in [1.29, 1.82) is 0 Å². The Morgan fingerprint density at radius 3 is 2.47 bits per heavy atom. The number of hydrogen-bond acceptors (Lipinski definition) is 4. The zero-order valence-corrected chi connectivity index (χ0v) is 10.4. The predicted octanol–water partition coefficient (Wildman–Crippen LogP) is 1.28. The molecule has 1 rings (SSSR count). The van der Waals surface area contributed by atoms with Gasteiger partial charge in [0.15, 0.2) is 5.78 Å². The number of aliphatic hydroxyl groups excluding tert-OH is 1. The molecule has 94 valence electrons. The highest BCUT2D eigenvalue weighted by Crippen LogP contribution is 2.18. The van der Waals surface area contributed by atoms with E-state index in [2.05, 4.69) is 0 Å². The Labute approximate surface area is 101 Å². The van der Waals surface area contributed by atoms with E-state index in [0.717, 1.165) is 11.1 Å². The predicted molar refractivity (Wildman–Crippen MR) is 63.7 cm³/mol. The molecule has 0 unspecified atom stereocenters. The van der Waals surface area contributed by atoms with Crippen molar-refractivity contribution >= 4 is 5.78 Å². The number of rotatable bonds is 5. The number of ketones is 1. The molecule has 4 heteroatoms. The minimum atomic E-state index is -1.40. The zero-order valence-electron chi connectivity index (χ0n) is 10.4. The lowest BCUT2D eigenvalue weighted by Crippen LogP contribution is -2.31. The van der Waals surface area contributed by atoms with Crippen LogP contribution in [-0.4, -0.2) is 28.7 Å². The molecule has 0 spiro atoms. The van der Waals surface area contributed by atoms with E-state index in [1.54, 1.807) is 25.3 Å². The van der Waals surface area contributed by atoms with Crippen LogP contribution in [0.4, 0.5) is 0 Å². The van der Waals surface area contributed by atoms with Crippen molar-refractivity contribution in [1.82, 2.24) is 0 Å². The van der Waals surface area contributed by atoms with E-state index >= 15 is 0 Å². The molecule has 0 aliphatic heterocycles. The average Bonchev–Trinajstić information content (AvgIpc) is 2.27. The summed E-state index contributed by atoms with van der Waals surface area (Å²) in [5.74, 6) is -0.348. The second-order valence-electron chi connectivity index (χ2n) is 4.46. The van der Waals surface area contributed by atoms with E-state index in [1.807, 2.05) is 0 Å². The van der Waals surface area contributed by atoms with Gasteiger partial charge in [-0.05, 0) is 31.0 Å². The Kier molecular flexibility index (Phi) is 4.40. The molecule has 0 saturated carbocycles. The van der Waals surface area contributed by atoms with E-state index in [9.17, 15) is 9.90 Å². The first-order valence-electron chi connectivity index (χ1n) is 5.39. The third-order valence-corrected chi connectivity index (χ3v) is 2.49. The highest BCUT2D eigenvalue weighted by Gasteiger charge is 2.25. The molecule has 0 amide bonds. The molecular formula is C13H18O4. The molecule has 0 radical (unpaired) electrons. The second-order valence-corrected chi connectivity index (χ2v) is 4.46. The number of Topliss-reactive ketones (excluding diaryl/α,β-unsaturated/α-hetero) is 1. The van der Waals surface area contributed by atoms with Gasteiger partial charge in [0.05, 0.1) is 13.2 Å². The van der Waals surface area contributed by atoms with Crippen molar-refractivity contribution in [2.75, 3.05) is 7.11 Å². The van der Waals surface area contributed by atoms with Crippen LogP contribution in [-0.2, 0) is 18.0 Å². The molecule has 0 aliphatic carbocycles. The summed E-state index contributed by atoms with van der Waals surface area (Å²) in [6, 6.07) is 4.92. The normalized spacial score (nSPS) is 11.6. The summed E-state index contributed by atoms with van der Waals surface area (Å²) in [4.78, 5) is 11.9. The first kappa shape index (κ1) is 13.8. The standard InChI is InChI=1S/C13H18O4/c1-13(2,16)12(15)9-4-5-10(7-14)11(6-9)8-17-3/h4-6,14,16H,7-8H2,1-3H3. The van der Waals surface area contributed by atoms with Gasteiger partial charge in [-0.2, -0.15) is 0 Å².